The molecule has 0 spiro atoms. The first-order valence-corrected chi connectivity index (χ1v) is 8.81. The number of thiophene rings is 1. The van der Waals surface area contributed by atoms with Crippen molar-refractivity contribution in [2.45, 2.75) is 13.0 Å². The average Bonchev–Trinajstić information content (AvgIpc) is 3.23. The molecule has 0 radical (unpaired) electrons. The average molecular weight is 321 g/mol. The molecule has 0 bridgehead atoms. The lowest BCUT2D eigenvalue weighted by molar-refractivity contribution is 0.281. The van der Waals surface area contributed by atoms with Crippen molar-refractivity contribution < 1.29 is 0 Å². The molecule has 0 unspecified atom stereocenters. The number of nitrogens with zero attached hydrogens (tertiary/aromatic N) is 2. The number of aromatic nitrogens is 2. The molecule has 3 heterocycles. The molecule has 1 aliphatic heterocycles. The summed E-state index contributed by atoms with van der Waals surface area (Å²) in [5, 5.41) is 2.12. The molecule has 3 nitrogen and oxygen atoms in total. The van der Waals surface area contributed by atoms with E-state index in [1.54, 1.807) is 11.3 Å². The number of nitrogens with one attached hydrogen (secondary N) is 1. The molecule has 1 aromatic carbocycles. The number of fused-ring (bicyclic) bond motifs is 1. The Morgan fingerprint density at radius 2 is 2.13 bits per heavy atom. The first-order chi connectivity index (χ1) is 11.4. The Kier molecular flexibility index (Phi) is 4.09. The van der Waals surface area contributed by atoms with Crippen LogP contribution >= 0.6 is 11.3 Å². The van der Waals surface area contributed by atoms with E-state index < -0.39 is 0 Å². The smallest absolute Gasteiger partial charge is 0.121 e. The van der Waals surface area contributed by atoms with Crippen LogP contribution in [0.5, 0.6) is 0 Å². The quantitative estimate of drug-likeness (QED) is 0.769. The van der Waals surface area contributed by atoms with Gasteiger partial charge in [0.15, 0.2) is 0 Å². The fourth-order valence-electron chi connectivity index (χ4n) is 2.89. The number of aromatic amines is 1. The van der Waals surface area contributed by atoms with Gasteiger partial charge in [0, 0.05) is 18.0 Å². The highest BCUT2D eigenvalue weighted by Gasteiger charge is 2.12. The second kappa shape index (κ2) is 6.52. The number of H-pyrrole nitrogens is 1. The lowest BCUT2D eigenvalue weighted by Gasteiger charge is -2.24. The minimum atomic E-state index is 0.882. The van der Waals surface area contributed by atoms with E-state index in [1.807, 2.05) is 12.1 Å². The standard InChI is InChI=1S/C19H19N3S/c1-2-6-18-17(5-1)20-19(21-18)14-22-11-9-15(10-12-22)7-8-16-4-3-13-23-16/h1-9,13H,10-12,14H2,(H,20,21). The molecule has 116 valence electrons. The highest BCUT2D eigenvalue weighted by molar-refractivity contribution is 7.10. The van der Waals surface area contributed by atoms with Crippen LogP contribution in [-0.4, -0.2) is 28.0 Å². The highest BCUT2D eigenvalue weighted by atomic mass is 32.1. The SMILES string of the molecule is C(=Cc1cccs1)C1=CCN(Cc2nc3ccccc3[nH]2)CC1. The van der Waals surface area contributed by atoms with E-state index in [9.17, 15) is 0 Å². The van der Waals surface area contributed by atoms with Gasteiger partial charge in [0.1, 0.15) is 5.82 Å². The van der Waals surface area contributed by atoms with Gasteiger partial charge in [0.2, 0.25) is 0 Å². The van der Waals surface area contributed by atoms with Gasteiger partial charge >= 0.3 is 0 Å². The van der Waals surface area contributed by atoms with Gasteiger partial charge in [-0.25, -0.2) is 4.98 Å². The lowest BCUT2D eigenvalue weighted by atomic mass is 10.1. The summed E-state index contributed by atoms with van der Waals surface area (Å²) in [5.41, 5.74) is 3.60. The summed E-state index contributed by atoms with van der Waals surface area (Å²) in [6.45, 7) is 2.95. The van der Waals surface area contributed by atoms with E-state index in [2.05, 4.69) is 62.7 Å². The Hall–Kier alpha value is -2.17. The third kappa shape index (κ3) is 3.44. The summed E-state index contributed by atoms with van der Waals surface area (Å²) >= 11 is 1.78. The Bertz CT molecular complexity index is 810. The van der Waals surface area contributed by atoms with Crippen molar-refractivity contribution in [2.75, 3.05) is 13.1 Å². The predicted octanol–water partition coefficient (Wildman–Crippen LogP) is 4.47. The third-order valence-electron chi connectivity index (χ3n) is 4.15. The lowest BCUT2D eigenvalue weighted by Crippen LogP contribution is -2.28. The topological polar surface area (TPSA) is 31.9 Å². The van der Waals surface area contributed by atoms with Gasteiger partial charge in [-0.3, -0.25) is 4.90 Å². The van der Waals surface area contributed by atoms with E-state index in [4.69, 9.17) is 0 Å². The monoisotopic (exact) mass is 321 g/mol. The normalized spacial score (nSPS) is 16.3. The van der Waals surface area contributed by atoms with Crippen molar-refractivity contribution in [3.05, 3.63) is 70.2 Å². The van der Waals surface area contributed by atoms with Crippen LogP contribution < -0.4 is 0 Å². The molecule has 4 rings (SSSR count). The van der Waals surface area contributed by atoms with Gasteiger partial charge in [-0.05, 0) is 41.6 Å². The zero-order chi connectivity index (χ0) is 15.5. The van der Waals surface area contributed by atoms with Gasteiger partial charge < -0.3 is 4.98 Å². The molecule has 3 aromatic rings. The molecule has 0 fully saturated rings. The van der Waals surface area contributed by atoms with Gasteiger partial charge in [-0.15, -0.1) is 11.3 Å². The second-order valence-corrected chi connectivity index (χ2v) is 6.79. The van der Waals surface area contributed by atoms with Gasteiger partial charge in [-0.1, -0.05) is 30.4 Å². The molecular formula is C19H19N3S. The summed E-state index contributed by atoms with van der Waals surface area (Å²) < 4.78 is 0. The summed E-state index contributed by atoms with van der Waals surface area (Å²) in [4.78, 5) is 11.8. The highest BCUT2D eigenvalue weighted by Crippen LogP contribution is 2.18. The molecule has 2 aromatic heterocycles. The molecule has 0 saturated heterocycles. The van der Waals surface area contributed by atoms with Gasteiger partial charge in [0.05, 0.1) is 17.6 Å². The molecule has 0 aliphatic carbocycles. The minimum absolute atomic E-state index is 0.882. The van der Waals surface area contributed by atoms with Gasteiger partial charge in [-0.2, -0.15) is 0 Å². The molecule has 1 aliphatic rings. The van der Waals surface area contributed by atoms with E-state index in [0.717, 1.165) is 42.9 Å². The zero-order valence-electron chi connectivity index (χ0n) is 12.9. The second-order valence-electron chi connectivity index (χ2n) is 5.81. The minimum Gasteiger partial charge on any atom is -0.341 e. The molecule has 0 amide bonds. The first kappa shape index (κ1) is 14.4. The van der Waals surface area contributed by atoms with Crippen LogP contribution in [0.2, 0.25) is 0 Å². The fourth-order valence-corrected chi connectivity index (χ4v) is 3.51. The number of rotatable bonds is 4. The van der Waals surface area contributed by atoms with Crippen molar-refractivity contribution >= 4 is 28.4 Å². The van der Waals surface area contributed by atoms with E-state index in [-0.39, 0.29) is 0 Å². The van der Waals surface area contributed by atoms with Gasteiger partial charge in [0.25, 0.3) is 0 Å². The maximum atomic E-state index is 4.67. The molecular weight excluding hydrogens is 302 g/mol. The maximum Gasteiger partial charge on any atom is 0.121 e. The first-order valence-electron chi connectivity index (χ1n) is 7.93. The maximum absolute atomic E-state index is 4.67. The Morgan fingerprint density at radius 3 is 2.91 bits per heavy atom. The Labute approximate surface area is 140 Å². The van der Waals surface area contributed by atoms with Crippen molar-refractivity contribution in [2.24, 2.45) is 0 Å². The summed E-state index contributed by atoms with van der Waals surface area (Å²) in [6.07, 6.45) is 7.90. The van der Waals surface area contributed by atoms with E-state index in [1.165, 1.54) is 10.5 Å². The van der Waals surface area contributed by atoms with Crippen molar-refractivity contribution in [1.82, 2.24) is 14.9 Å². The van der Waals surface area contributed by atoms with Crippen LogP contribution in [-0.2, 0) is 6.54 Å². The van der Waals surface area contributed by atoms with Crippen LogP contribution in [0.1, 0.15) is 17.1 Å². The largest absolute Gasteiger partial charge is 0.341 e. The number of hydrogen-bond donors (Lipinski definition) is 1. The van der Waals surface area contributed by atoms with Crippen molar-refractivity contribution in [3.63, 3.8) is 0 Å². The Morgan fingerprint density at radius 1 is 1.17 bits per heavy atom. The summed E-state index contributed by atoms with van der Waals surface area (Å²) in [6, 6.07) is 12.4. The number of allylic oxidation sites excluding steroid dienone is 1. The van der Waals surface area contributed by atoms with E-state index in [0.29, 0.717) is 0 Å². The summed E-state index contributed by atoms with van der Waals surface area (Å²) in [5.74, 6) is 1.05. The van der Waals surface area contributed by atoms with Crippen LogP contribution in [0, 0.1) is 0 Å². The molecule has 1 N–H and O–H groups in total. The number of para-hydroxylation sites is 2. The number of hydrogen-bond acceptors (Lipinski definition) is 3. The van der Waals surface area contributed by atoms with Crippen LogP contribution in [0.25, 0.3) is 17.1 Å². The van der Waals surface area contributed by atoms with Crippen LogP contribution in [0.15, 0.2) is 59.5 Å². The number of benzene rings is 1. The fraction of sp³-hybridized carbons (Fsp3) is 0.211. The predicted molar refractivity (Wildman–Crippen MR) is 97.4 cm³/mol. The van der Waals surface area contributed by atoms with Crippen molar-refractivity contribution in [3.8, 4) is 0 Å². The van der Waals surface area contributed by atoms with E-state index >= 15 is 0 Å². The molecule has 4 heteroatoms. The molecule has 23 heavy (non-hydrogen) atoms. The van der Waals surface area contributed by atoms with Crippen LogP contribution in [0.4, 0.5) is 0 Å². The van der Waals surface area contributed by atoms with Crippen LogP contribution in [0.3, 0.4) is 0 Å². The summed E-state index contributed by atoms with van der Waals surface area (Å²) in [7, 11) is 0. The Balaban J connectivity index is 1.39. The molecule has 0 atom stereocenters. The van der Waals surface area contributed by atoms with Crippen molar-refractivity contribution in [1.29, 1.82) is 0 Å². The number of imidazole rings is 1. The molecule has 0 saturated carbocycles. The third-order valence-corrected chi connectivity index (χ3v) is 4.98. The zero-order valence-corrected chi connectivity index (χ0v) is 13.7.